The summed E-state index contributed by atoms with van der Waals surface area (Å²) in [4.78, 5) is 13.7. The van der Waals surface area contributed by atoms with Gasteiger partial charge in [-0.1, -0.05) is 35.9 Å². The maximum atomic E-state index is 14.0. The lowest BCUT2D eigenvalue weighted by atomic mass is 10.0. The summed E-state index contributed by atoms with van der Waals surface area (Å²) in [5.74, 6) is -0.269. The van der Waals surface area contributed by atoms with Gasteiger partial charge < -0.3 is 4.90 Å². The molecule has 0 radical (unpaired) electrons. The number of hydrogen-bond acceptors (Lipinski definition) is 2. The van der Waals surface area contributed by atoms with Crippen LogP contribution in [0.5, 0.6) is 0 Å². The number of halogens is 2. The predicted octanol–water partition coefficient (Wildman–Crippen LogP) is 4.78. The molecule has 0 N–H and O–H groups in total. The lowest BCUT2D eigenvalue weighted by Gasteiger charge is -2.24. The van der Waals surface area contributed by atoms with E-state index in [1.54, 1.807) is 17.0 Å². The molecule has 0 bridgehead atoms. The Labute approximate surface area is 151 Å². The van der Waals surface area contributed by atoms with Gasteiger partial charge >= 0.3 is 0 Å². The molecule has 1 heterocycles. The number of benzene rings is 2. The van der Waals surface area contributed by atoms with Crippen molar-refractivity contribution in [3.63, 3.8) is 0 Å². The highest BCUT2D eigenvalue weighted by Gasteiger charge is 2.13. The molecule has 124 valence electrons. The summed E-state index contributed by atoms with van der Waals surface area (Å²) in [6, 6.07) is 8.55. The Hall–Kier alpha value is -1.78. The van der Waals surface area contributed by atoms with E-state index in [0.29, 0.717) is 29.9 Å². The fourth-order valence-corrected chi connectivity index (χ4v) is 3.41. The van der Waals surface area contributed by atoms with Crippen LogP contribution in [0, 0.1) is 5.82 Å². The first-order chi connectivity index (χ1) is 11.6. The molecule has 1 amide bonds. The number of fused-ring (bicyclic) bond motifs is 1. The molecule has 0 saturated carbocycles. The fraction of sp³-hybridized carbons (Fsp3) is 0.211. The monoisotopic (exact) mass is 361 g/mol. The lowest BCUT2D eigenvalue weighted by molar-refractivity contribution is -0.117. The zero-order valence-corrected chi connectivity index (χ0v) is 14.7. The van der Waals surface area contributed by atoms with E-state index in [-0.39, 0.29) is 5.82 Å². The molecule has 3 rings (SSSR count). The molecule has 1 aliphatic rings. The minimum atomic E-state index is -0.269. The Morgan fingerprint density at radius 1 is 1.29 bits per heavy atom. The van der Waals surface area contributed by atoms with E-state index in [1.807, 2.05) is 24.3 Å². The smallest absolute Gasteiger partial charge is 0.210 e. The van der Waals surface area contributed by atoms with Crippen LogP contribution < -0.4 is 0 Å². The topological polar surface area (TPSA) is 20.3 Å². The third-order valence-electron chi connectivity index (χ3n) is 4.18. The van der Waals surface area contributed by atoms with Crippen molar-refractivity contribution >= 4 is 41.4 Å². The molecule has 0 saturated heterocycles. The van der Waals surface area contributed by atoms with Crippen molar-refractivity contribution in [2.45, 2.75) is 12.8 Å². The number of amides is 1. The largest absolute Gasteiger partial charge is 0.341 e. The molecule has 0 spiro atoms. The Morgan fingerprint density at radius 3 is 2.92 bits per heavy atom. The Kier molecular flexibility index (Phi) is 5.27. The average molecular weight is 362 g/mol. The molecule has 1 aliphatic heterocycles. The minimum Gasteiger partial charge on any atom is -0.341 e. The summed E-state index contributed by atoms with van der Waals surface area (Å²) in [6.45, 7) is 1.28. The van der Waals surface area contributed by atoms with E-state index >= 15 is 0 Å². The summed E-state index contributed by atoms with van der Waals surface area (Å²) >= 11 is 10.6. The SMILES string of the molecule is O=CN1CCC(S)=C(/C=C/Cc2cc(Cl)cc3c(F)cccc23)C1. The first-order valence-corrected chi connectivity index (χ1v) is 8.54. The van der Waals surface area contributed by atoms with Gasteiger partial charge in [-0.05, 0) is 52.5 Å². The summed E-state index contributed by atoms with van der Waals surface area (Å²) in [7, 11) is 0. The van der Waals surface area contributed by atoms with E-state index in [1.165, 1.54) is 6.07 Å². The van der Waals surface area contributed by atoms with Crippen LogP contribution in [0.3, 0.4) is 0 Å². The average Bonchev–Trinajstić information content (AvgIpc) is 2.57. The van der Waals surface area contributed by atoms with Gasteiger partial charge in [0.2, 0.25) is 6.41 Å². The molecule has 24 heavy (non-hydrogen) atoms. The van der Waals surface area contributed by atoms with Crippen molar-refractivity contribution in [2.24, 2.45) is 0 Å². The predicted molar refractivity (Wildman–Crippen MR) is 100 cm³/mol. The molecule has 0 atom stereocenters. The Balaban J connectivity index is 1.86. The minimum absolute atomic E-state index is 0.269. The van der Waals surface area contributed by atoms with Crippen molar-refractivity contribution in [2.75, 3.05) is 13.1 Å². The standard InChI is InChI=1S/C19H17ClFNOS/c20-15-9-13(16-5-2-6-18(21)17(16)10-15)3-1-4-14-11-22(12-23)8-7-19(14)24/h1-2,4-6,9-10,12,24H,3,7-8,11H2/b4-1+. The van der Waals surface area contributed by atoms with Gasteiger partial charge in [0.05, 0.1) is 0 Å². The maximum Gasteiger partial charge on any atom is 0.210 e. The molecule has 0 aliphatic carbocycles. The van der Waals surface area contributed by atoms with E-state index < -0.39 is 0 Å². The first-order valence-electron chi connectivity index (χ1n) is 7.72. The number of thiol groups is 1. The first kappa shape index (κ1) is 17.1. The highest BCUT2D eigenvalue weighted by molar-refractivity contribution is 7.84. The number of nitrogens with zero attached hydrogens (tertiary/aromatic N) is 1. The molecule has 0 fully saturated rings. The molecule has 0 aromatic heterocycles. The number of rotatable bonds is 4. The second kappa shape index (κ2) is 7.41. The van der Waals surface area contributed by atoms with Crippen LogP contribution in [0.4, 0.5) is 4.39 Å². The van der Waals surface area contributed by atoms with Crippen LogP contribution in [0.2, 0.25) is 5.02 Å². The molecule has 2 aromatic rings. The van der Waals surface area contributed by atoms with Gasteiger partial charge in [-0.25, -0.2) is 4.39 Å². The Morgan fingerprint density at radius 2 is 2.12 bits per heavy atom. The van der Waals surface area contributed by atoms with E-state index in [9.17, 15) is 9.18 Å². The molecular formula is C19H17ClFNOS. The van der Waals surface area contributed by atoms with Crippen LogP contribution in [-0.2, 0) is 11.2 Å². The second-order valence-corrected chi connectivity index (χ2v) is 6.78. The third-order valence-corrected chi connectivity index (χ3v) is 4.91. The molecule has 2 nitrogen and oxygen atoms in total. The van der Waals surface area contributed by atoms with Gasteiger partial charge in [0, 0.05) is 23.5 Å². The van der Waals surface area contributed by atoms with Crippen LogP contribution in [0.1, 0.15) is 12.0 Å². The van der Waals surface area contributed by atoms with Crippen LogP contribution in [0.25, 0.3) is 10.8 Å². The maximum absolute atomic E-state index is 14.0. The van der Waals surface area contributed by atoms with Gasteiger partial charge in [-0.3, -0.25) is 4.79 Å². The van der Waals surface area contributed by atoms with E-state index in [2.05, 4.69) is 12.6 Å². The van der Waals surface area contributed by atoms with Crippen molar-refractivity contribution in [3.8, 4) is 0 Å². The van der Waals surface area contributed by atoms with Crippen LogP contribution >= 0.6 is 24.2 Å². The second-order valence-electron chi connectivity index (χ2n) is 5.80. The van der Waals surface area contributed by atoms with Crippen molar-refractivity contribution < 1.29 is 9.18 Å². The molecule has 5 heteroatoms. The van der Waals surface area contributed by atoms with E-state index in [4.69, 9.17) is 11.6 Å². The molecule has 0 unspecified atom stereocenters. The number of allylic oxidation sites excluding steroid dienone is 1. The molecule has 2 aromatic carbocycles. The van der Waals surface area contributed by atoms with Crippen molar-refractivity contribution in [3.05, 3.63) is 69.4 Å². The fourth-order valence-electron chi connectivity index (χ4n) is 2.92. The van der Waals surface area contributed by atoms with E-state index in [0.717, 1.165) is 34.3 Å². The number of carbonyl (C=O) groups is 1. The highest BCUT2D eigenvalue weighted by atomic mass is 35.5. The normalized spacial score (nSPS) is 15.5. The summed E-state index contributed by atoms with van der Waals surface area (Å²) in [5, 5.41) is 1.92. The lowest BCUT2D eigenvalue weighted by Crippen LogP contribution is -2.29. The van der Waals surface area contributed by atoms with Gasteiger partial charge in [-0.15, -0.1) is 12.6 Å². The highest BCUT2D eigenvalue weighted by Crippen LogP contribution is 2.27. The number of carbonyl (C=O) groups excluding carboxylic acids is 1. The van der Waals surface area contributed by atoms with Crippen molar-refractivity contribution in [1.29, 1.82) is 0 Å². The quantitative estimate of drug-likeness (QED) is 0.614. The van der Waals surface area contributed by atoms with Crippen LogP contribution in [0.15, 0.2) is 53.0 Å². The summed E-state index contributed by atoms with van der Waals surface area (Å²) in [5.41, 5.74) is 2.01. The van der Waals surface area contributed by atoms with Gasteiger partial charge in [0.15, 0.2) is 0 Å². The zero-order chi connectivity index (χ0) is 17.1. The van der Waals surface area contributed by atoms with Crippen molar-refractivity contribution in [1.82, 2.24) is 4.90 Å². The van der Waals surface area contributed by atoms with Gasteiger partial charge in [-0.2, -0.15) is 0 Å². The zero-order valence-electron chi connectivity index (χ0n) is 13.0. The summed E-state index contributed by atoms with van der Waals surface area (Å²) in [6.07, 6.45) is 6.26. The van der Waals surface area contributed by atoms with Crippen LogP contribution in [-0.4, -0.2) is 24.4 Å². The molecular weight excluding hydrogens is 345 g/mol. The number of hydrogen-bond donors (Lipinski definition) is 1. The summed E-state index contributed by atoms with van der Waals surface area (Å²) < 4.78 is 14.0. The Bertz CT molecular complexity index is 847. The van der Waals surface area contributed by atoms with Gasteiger partial charge in [0.25, 0.3) is 0 Å². The third kappa shape index (κ3) is 3.65. The van der Waals surface area contributed by atoms with Gasteiger partial charge in [0.1, 0.15) is 5.82 Å².